The molecule has 2 heterocycles. The lowest BCUT2D eigenvalue weighted by Crippen LogP contribution is -2.58. The van der Waals surface area contributed by atoms with E-state index < -0.39 is 5.91 Å². The molecule has 2 aromatic heterocycles. The van der Waals surface area contributed by atoms with Gasteiger partial charge in [-0.2, -0.15) is 0 Å². The number of aromatic nitrogens is 5. The van der Waals surface area contributed by atoms with E-state index in [0.29, 0.717) is 16.8 Å². The minimum atomic E-state index is -0.552. The zero-order chi connectivity index (χ0) is 22.3. The van der Waals surface area contributed by atoms with Crippen LogP contribution in [0.1, 0.15) is 46.4 Å². The van der Waals surface area contributed by atoms with E-state index in [4.69, 9.17) is 10.5 Å². The number of nitrogens with two attached hydrogens (primary N) is 1. The van der Waals surface area contributed by atoms with Gasteiger partial charge >= 0.3 is 0 Å². The topological polar surface area (TPSA) is 138 Å². The highest BCUT2D eigenvalue weighted by molar-refractivity contribution is 9.10. The summed E-state index contributed by atoms with van der Waals surface area (Å²) >= 11 is 3.44. The number of rotatable bonds is 6. The Morgan fingerprint density at radius 3 is 2.75 bits per heavy atom. The van der Waals surface area contributed by atoms with Crippen LogP contribution in [0.4, 0.5) is 0 Å². The molecule has 3 N–H and O–H groups in total. The van der Waals surface area contributed by atoms with Gasteiger partial charge in [-0.3, -0.25) is 9.59 Å². The highest BCUT2D eigenvalue weighted by atomic mass is 79.9. The molecule has 2 aliphatic carbocycles. The summed E-state index contributed by atoms with van der Waals surface area (Å²) in [7, 11) is 0. The first-order chi connectivity index (χ1) is 15.4. The smallest absolute Gasteiger partial charge is 0.254 e. The van der Waals surface area contributed by atoms with Crippen molar-refractivity contribution in [1.82, 2.24) is 30.5 Å². The molecule has 2 fully saturated rings. The van der Waals surface area contributed by atoms with Gasteiger partial charge in [-0.1, -0.05) is 15.9 Å². The van der Waals surface area contributed by atoms with E-state index in [9.17, 15) is 9.59 Å². The van der Waals surface area contributed by atoms with Gasteiger partial charge in [-0.25, -0.2) is 9.67 Å². The average Bonchev–Trinajstić information content (AvgIpc) is 3.25. The van der Waals surface area contributed by atoms with Gasteiger partial charge in [0.05, 0.1) is 5.69 Å². The fraction of sp³-hybridized carbons (Fsp3) is 0.333. The van der Waals surface area contributed by atoms with E-state index >= 15 is 0 Å². The Hall–Kier alpha value is -3.34. The molecule has 164 valence electrons. The van der Waals surface area contributed by atoms with Crippen LogP contribution in [-0.4, -0.2) is 49.2 Å². The Morgan fingerprint density at radius 2 is 2.03 bits per heavy atom. The molecule has 0 unspecified atom stereocenters. The highest BCUT2D eigenvalue weighted by Gasteiger charge is 2.54. The molecule has 5 rings (SSSR count). The minimum absolute atomic E-state index is 0.00331. The van der Waals surface area contributed by atoms with Gasteiger partial charge in [0.1, 0.15) is 18.0 Å². The average molecular weight is 498 g/mol. The molecule has 0 atom stereocenters. The quantitative estimate of drug-likeness (QED) is 0.531. The molecular formula is C21H20BrN7O3. The van der Waals surface area contributed by atoms with Crippen molar-refractivity contribution in [3.05, 3.63) is 58.5 Å². The minimum Gasteiger partial charge on any atom is -0.474 e. The van der Waals surface area contributed by atoms with Crippen LogP contribution in [-0.2, 0) is 0 Å². The lowest BCUT2D eigenvalue weighted by atomic mass is 9.53. The highest BCUT2D eigenvalue weighted by Crippen LogP contribution is 2.56. The van der Waals surface area contributed by atoms with Gasteiger partial charge in [-0.15, -0.1) is 5.10 Å². The fourth-order valence-corrected chi connectivity index (χ4v) is 5.11. The summed E-state index contributed by atoms with van der Waals surface area (Å²) in [6.07, 6.45) is 6.60. The van der Waals surface area contributed by atoms with Crippen LogP contribution in [0, 0.1) is 5.41 Å². The van der Waals surface area contributed by atoms with Crippen LogP contribution in [0.25, 0.3) is 5.69 Å². The second kappa shape index (κ2) is 7.97. The number of tetrazole rings is 1. The molecular weight excluding hydrogens is 478 g/mol. The third kappa shape index (κ3) is 3.95. The molecule has 2 aliphatic rings. The Bertz CT molecular complexity index is 1170. The molecule has 10 nitrogen and oxygen atoms in total. The van der Waals surface area contributed by atoms with Crippen LogP contribution in [0.3, 0.4) is 0 Å². The zero-order valence-corrected chi connectivity index (χ0v) is 18.5. The number of carbonyl (C=O) groups is 2. The number of pyridine rings is 1. The van der Waals surface area contributed by atoms with Crippen molar-refractivity contribution in [3.8, 4) is 11.6 Å². The molecule has 11 heteroatoms. The lowest BCUT2D eigenvalue weighted by Gasteiger charge is -2.57. The molecule has 1 aromatic carbocycles. The molecule has 1 spiro atoms. The second-order valence-electron chi connectivity index (χ2n) is 8.40. The van der Waals surface area contributed by atoms with Gasteiger partial charge in [0, 0.05) is 22.3 Å². The largest absolute Gasteiger partial charge is 0.474 e. The van der Waals surface area contributed by atoms with Gasteiger partial charge in [-0.05, 0) is 71.9 Å². The van der Waals surface area contributed by atoms with E-state index in [1.807, 2.05) is 6.07 Å². The molecule has 0 radical (unpaired) electrons. The van der Waals surface area contributed by atoms with Crippen molar-refractivity contribution in [2.45, 2.75) is 37.8 Å². The lowest BCUT2D eigenvalue weighted by molar-refractivity contribution is -0.0848. The van der Waals surface area contributed by atoms with Crippen molar-refractivity contribution in [2.75, 3.05) is 0 Å². The molecule has 3 aromatic rings. The number of nitrogens with one attached hydrogen (secondary N) is 1. The summed E-state index contributed by atoms with van der Waals surface area (Å²) in [4.78, 5) is 28.4. The first-order valence-corrected chi connectivity index (χ1v) is 11.0. The van der Waals surface area contributed by atoms with Crippen molar-refractivity contribution in [1.29, 1.82) is 0 Å². The number of carbonyl (C=O) groups excluding carboxylic acids is 2. The number of amides is 2. The number of ether oxygens (including phenoxy) is 1. The molecule has 0 aliphatic heterocycles. The summed E-state index contributed by atoms with van der Waals surface area (Å²) in [5.74, 6) is -0.395. The van der Waals surface area contributed by atoms with Gasteiger partial charge in [0.15, 0.2) is 0 Å². The van der Waals surface area contributed by atoms with Crippen LogP contribution >= 0.6 is 15.9 Å². The number of primary amides is 1. The zero-order valence-electron chi connectivity index (χ0n) is 16.9. The van der Waals surface area contributed by atoms with E-state index in [1.165, 1.54) is 11.0 Å². The first-order valence-electron chi connectivity index (χ1n) is 10.2. The maximum absolute atomic E-state index is 12.8. The SMILES string of the molecule is NC(=O)c1cccnc1O[C@H]1CC2(C[C@H](NC(=O)c3cc(Br)cc(-n4cnnn4)c3)C2)C1. The van der Waals surface area contributed by atoms with E-state index in [2.05, 4.69) is 41.8 Å². The summed E-state index contributed by atoms with van der Waals surface area (Å²) in [5.41, 5.74) is 7.09. The maximum atomic E-state index is 12.8. The van der Waals surface area contributed by atoms with Crippen molar-refractivity contribution < 1.29 is 14.3 Å². The van der Waals surface area contributed by atoms with Gasteiger partial charge < -0.3 is 15.8 Å². The van der Waals surface area contributed by atoms with Crippen molar-refractivity contribution >= 4 is 27.7 Å². The number of nitrogens with zero attached hydrogens (tertiary/aromatic N) is 5. The summed E-state index contributed by atoms with van der Waals surface area (Å²) in [5, 5.41) is 14.2. The third-order valence-corrected chi connectivity index (χ3v) is 6.55. The monoisotopic (exact) mass is 497 g/mol. The van der Waals surface area contributed by atoms with E-state index in [-0.39, 0.29) is 29.3 Å². The van der Waals surface area contributed by atoms with Crippen LogP contribution in [0.2, 0.25) is 0 Å². The number of benzene rings is 1. The summed E-state index contributed by atoms with van der Waals surface area (Å²) in [6.45, 7) is 0. The summed E-state index contributed by atoms with van der Waals surface area (Å²) in [6, 6.07) is 8.75. The Labute approximate surface area is 191 Å². The molecule has 32 heavy (non-hydrogen) atoms. The predicted octanol–water partition coefficient (Wildman–Crippen LogP) is 2.04. The number of halogens is 1. The Balaban J connectivity index is 1.15. The van der Waals surface area contributed by atoms with Crippen molar-refractivity contribution in [3.63, 3.8) is 0 Å². The van der Waals surface area contributed by atoms with Crippen molar-refractivity contribution in [2.24, 2.45) is 11.1 Å². The molecule has 2 saturated carbocycles. The molecule has 2 amide bonds. The second-order valence-corrected chi connectivity index (χ2v) is 9.32. The fourth-order valence-electron chi connectivity index (χ4n) is 4.63. The third-order valence-electron chi connectivity index (χ3n) is 6.09. The summed E-state index contributed by atoms with van der Waals surface area (Å²) < 4.78 is 8.17. The Morgan fingerprint density at radius 1 is 1.22 bits per heavy atom. The normalized spacial score (nSPS) is 23.8. The first kappa shape index (κ1) is 20.6. The maximum Gasteiger partial charge on any atom is 0.254 e. The van der Waals surface area contributed by atoms with E-state index in [0.717, 1.165) is 30.2 Å². The van der Waals surface area contributed by atoms with Gasteiger partial charge in [0.2, 0.25) is 5.88 Å². The molecule has 0 saturated heterocycles. The van der Waals surface area contributed by atoms with Gasteiger partial charge in [0.25, 0.3) is 11.8 Å². The van der Waals surface area contributed by atoms with Crippen LogP contribution < -0.4 is 15.8 Å². The standard InChI is InChI=1S/C21H20BrN7O3/c22-13-4-12(5-15(6-13)29-11-25-27-28-29)19(31)26-14-7-21(8-14)9-16(10-21)32-20-17(18(23)30)2-1-3-24-20/h1-6,11,14,16H,7-10H2,(H2,23,30)(H,26,31)/t14-,16-,21?. The van der Waals surface area contributed by atoms with Crippen LogP contribution in [0.5, 0.6) is 5.88 Å². The predicted molar refractivity (Wildman–Crippen MR) is 116 cm³/mol. The number of hydrogen-bond donors (Lipinski definition) is 2. The number of hydrogen-bond acceptors (Lipinski definition) is 7. The van der Waals surface area contributed by atoms with E-state index in [1.54, 1.807) is 30.5 Å². The Kier molecular flexibility index (Phi) is 5.12. The van der Waals surface area contributed by atoms with Crippen LogP contribution in [0.15, 0.2) is 47.3 Å². The molecule has 0 bridgehead atoms.